The number of cyclic esters (lactones) is 1. The number of ether oxygens (including phenoxy) is 1. The third-order valence-electron chi connectivity index (χ3n) is 4.82. The lowest BCUT2D eigenvalue weighted by molar-refractivity contribution is 0.0528. The first-order valence-corrected chi connectivity index (χ1v) is 18.8. The lowest BCUT2D eigenvalue weighted by Crippen LogP contribution is -2.09. The molecule has 0 saturated carbocycles. The monoisotopic (exact) mass is 957 g/mol. The lowest BCUT2D eigenvalue weighted by atomic mass is 10.2. The van der Waals surface area contributed by atoms with Gasteiger partial charge >= 0.3 is 17.9 Å². The highest BCUT2D eigenvalue weighted by Crippen LogP contribution is 2.23. The Morgan fingerprint density at radius 1 is 0.913 bits per heavy atom. The highest BCUT2D eigenvalue weighted by molar-refractivity contribution is 9.11. The molecule has 4 rings (SSSR count). The summed E-state index contributed by atoms with van der Waals surface area (Å²) in [6, 6.07) is 15.1. The SMILES string of the molecule is Nc1ccc(Br)cc1C(=O)O.O=C(O)c1cc(Br)ccc1NCCO.O=C1OCCNc2ccc(Br)cc21.O=S(Cl)Cl.OCCBr. The van der Waals surface area contributed by atoms with E-state index in [1.807, 2.05) is 12.1 Å². The van der Waals surface area contributed by atoms with E-state index < -0.39 is 21.2 Å². The van der Waals surface area contributed by atoms with Crippen LogP contribution in [-0.4, -0.2) is 80.8 Å². The second-order valence-corrected chi connectivity index (χ2v) is 14.1. The first kappa shape index (κ1) is 44.0. The maximum Gasteiger partial charge on any atom is 0.340 e. The van der Waals surface area contributed by atoms with E-state index in [0.717, 1.165) is 10.2 Å². The summed E-state index contributed by atoms with van der Waals surface area (Å²) in [7, 11) is 7.36. The molecule has 0 unspecified atom stereocenters. The van der Waals surface area contributed by atoms with E-state index in [0.29, 0.717) is 45.2 Å². The molecule has 0 fully saturated rings. The maximum atomic E-state index is 11.4. The average Bonchev–Trinajstić information content (AvgIpc) is 3.18. The molecule has 12 nitrogen and oxygen atoms in total. The van der Waals surface area contributed by atoms with Crippen LogP contribution in [0.1, 0.15) is 31.1 Å². The molecular weight excluding hydrogens is 933 g/mol. The van der Waals surface area contributed by atoms with Gasteiger partial charge in [-0.15, -0.1) is 0 Å². The van der Waals surface area contributed by atoms with Gasteiger partial charge in [0.25, 0.3) is 0 Å². The van der Waals surface area contributed by atoms with Crippen molar-refractivity contribution >= 4 is 129 Å². The Balaban J connectivity index is 0.000000593. The molecular formula is C27H29Br4Cl2N3O9S. The van der Waals surface area contributed by atoms with Crippen molar-refractivity contribution in [2.24, 2.45) is 0 Å². The van der Waals surface area contributed by atoms with Crippen LogP contribution in [0.5, 0.6) is 0 Å². The summed E-state index contributed by atoms with van der Waals surface area (Å²) in [5, 5.41) is 40.5. The molecule has 3 aromatic rings. The van der Waals surface area contributed by atoms with Crippen LogP contribution in [0, 0.1) is 0 Å². The molecule has 0 spiro atoms. The smallest absolute Gasteiger partial charge is 0.340 e. The number of aromatic carboxylic acids is 2. The summed E-state index contributed by atoms with van der Waals surface area (Å²) >= 11 is 12.6. The van der Waals surface area contributed by atoms with E-state index in [4.69, 9.17) is 35.1 Å². The number of rotatable bonds is 6. The van der Waals surface area contributed by atoms with Gasteiger partial charge in [0.05, 0.1) is 29.9 Å². The number of carbonyl (C=O) groups excluding carboxylic acids is 1. The number of esters is 1. The largest absolute Gasteiger partial charge is 0.478 e. The fourth-order valence-corrected chi connectivity index (χ4v) is 4.08. The number of carbonyl (C=O) groups is 3. The zero-order valence-electron chi connectivity index (χ0n) is 23.5. The first-order valence-electron chi connectivity index (χ1n) is 12.5. The zero-order chi connectivity index (χ0) is 35.2. The number of fused-ring (bicyclic) bond motifs is 1. The second kappa shape index (κ2) is 25.1. The summed E-state index contributed by atoms with van der Waals surface area (Å²) in [4.78, 5) is 32.7. The second-order valence-electron chi connectivity index (χ2n) is 8.03. The number of hydrogen-bond acceptors (Lipinski definition) is 10. The Morgan fingerprint density at radius 2 is 1.41 bits per heavy atom. The first-order chi connectivity index (χ1) is 21.7. The summed E-state index contributed by atoms with van der Waals surface area (Å²) in [5.74, 6) is -2.27. The molecule has 1 heterocycles. The zero-order valence-corrected chi connectivity index (χ0v) is 32.2. The number of aliphatic hydroxyl groups is 2. The Hall–Kier alpha value is -1.96. The van der Waals surface area contributed by atoms with E-state index in [1.165, 1.54) is 12.1 Å². The van der Waals surface area contributed by atoms with Crippen LogP contribution in [-0.2, 0) is 14.0 Å². The normalized spacial score (nSPS) is 11.0. The van der Waals surface area contributed by atoms with Gasteiger partial charge in [-0.05, 0) is 54.6 Å². The minimum absolute atomic E-state index is 0.0326. The molecule has 0 aliphatic carbocycles. The number of halogens is 6. The maximum absolute atomic E-state index is 11.4. The molecule has 1 aliphatic heterocycles. The number of hydrogen-bond donors (Lipinski definition) is 7. The highest BCUT2D eigenvalue weighted by atomic mass is 79.9. The molecule has 0 aromatic heterocycles. The number of aliphatic hydroxyl groups excluding tert-OH is 2. The Bertz CT molecular complexity index is 1450. The van der Waals surface area contributed by atoms with Gasteiger partial charge in [0.15, 0.2) is 0 Å². The number of anilines is 3. The third kappa shape index (κ3) is 19.0. The van der Waals surface area contributed by atoms with Crippen molar-refractivity contribution in [3.05, 3.63) is 84.7 Å². The number of carboxylic acid groups (broad SMARTS) is 2. The third-order valence-corrected chi connectivity index (χ3v) is 6.66. The molecule has 0 radical (unpaired) electrons. The van der Waals surface area contributed by atoms with Crippen molar-refractivity contribution in [3.63, 3.8) is 0 Å². The van der Waals surface area contributed by atoms with Gasteiger partial charge in [-0.1, -0.05) is 63.7 Å². The summed E-state index contributed by atoms with van der Waals surface area (Å²) in [6.07, 6.45) is 0. The van der Waals surface area contributed by atoms with Crippen LogP contribution in [0.25, 0.3) is 0 Å². The molecule has 19 heteroatoms. The van der Waals surface area contributed by atoms with Crippen LogP contribution in [0.2, 0.25) is 0 Å². The topological polar surface area (TPSA) is 209 Å². The number of nitrogens with one attached hydrogen (secondary N) is 2. The standard InChI is InChI=1S/C9H10BrNO3.C9H8BrNO2.C7H6BrNO2.C2H5BrO.Cl2OS/c10-6-1-2-8(11-3-4-12)7(5-6)9(13)14;10-6-1-2-8-7(5-6)9(12)13-4-3-11-8;8-4-1-2-6(9)5(3-4)7(10)11;3-1-2-4;1-4(2)3/h1-2,5,11-12H,3-4H2,(H,13,14);1-2,5,11H,3-4H2;1-3H,9H2,(H,10,11);4H,1-2H2;. The minimum Gasteiger partial charge on any atom is -0.478 e. The molecule has 3 aromatic carbocycles. The Morgan fingerprint density at radius 3 is 1.91 bits per heavy atom. The van der Waals surface area contributed by atoms with Crippen molar-refractivity contribution in [1.29, 1.82) is 0 Å². The van der Waals surface area contributed by atoms with Crippen LogP contribution < -0.4 is 16.4 Å². The van der Waals surface area contributed by atoms with Crippen molar-refractivity contribution < 1.29 is 43.8 Å². The number of benzene rings is 3. The number of nitrogens with two attached hydrogens (primary N) is 1. The number of nitrogen functional groups attached to an aromatic ring is 1. The predicted octanol–water partition coefficient (Wildman–Crippen LogP) is 6.73. The van der Waals surface area contributed by atoms with Gasteiger partial charge in [0, 0.05) is 70.3 Å². The molecule has 0 amide bonds. The van der Waals surface area contributed by atoms with E-state index in [9.17, 15) is 14.4 Å². The van der Waals surface area contributed by atoms with Gasteiger partial charge in [-0.3, -0.25) is 0 Å². The highest BCUT2D eigenvalue weighted by Gasteiger charge is 2.16. The fraction of sp³-hybridized carbons (Fsp3) is 0.222. The van der Waals surface area contributed by atoms with Crippen LogP contribution in [0.4, 0.5) is 17.1 Å². The van der Waals surface area contributed by atoms with E-state index in [2.05, 4.69) is 95.7 Å². The molecule has 0 saturated heterocycles. The molecule has 1 aliphatic rings. The van der Waals surface area contributed by atoms with Gasteiger partial charge in [0.1, 0.15) is 6.61 Å². The van der Waals surface area contributed by atoms with Crippen LogP contribution >= 0.6 is 85.1 Å². The van der Waals surface area contributed by atoms with E-state index in [-0.39, 0.29) is 36.0 Å². The summed E-state index contributed by atoms with van der Waals surface area (Å²) in [6.45, 7) is 1.63. The molecule has 254 valence electrons. The lowest BCUT2D eigenvalue weighted by Gasteiger charge is -2.08. The quantitative estimate of drug-likeness (QED) is 0.0594. The van der Waals surface area contributed by atoms with Crippen LogP contribution in [0.3, 0.4) is 0 Å². The van der Waals surface area contributed by atoms with Crippen LogP contribution in [0.15, 0.2) is 68.0 Å². The average molecular weight is 962 g/mol. The number of alkyl halides is 1. The molecule has 0 atom stereocenters. The van der Waals surface area contributed by atoms with Gasteiger partial charge < -0.3 is 41.5 Å². The summed E-state index contributed by atoms with van der Waals surface area (Å²) in [5.41, 5.74) is 7.92. The molecule has 8 N–H and O–H groups in total. The van der Waals surface area contributed by atoms with Crippen molar-refractivity contribution in [1.82, 2.24) is 0 Å². The van der Waals surface area contributed by atoms with Crippen molar-refractivity contribution in [2.75, 3.05) is 54.6 Å². The summed E-state index contributed by atoms with van der Waals surface area (Å²) < 4.78 is 16.4. The van der Waals surface area contributed by atoms with E-state index in [1.54, 1.807) is 30.3 Å². The number of carboxylic acids is 2. The Kier molecular flexibility index (Phi) is 24.0. The predicted molar refractivity (Wildman–Crippen MR) is 196 cm³/mol. The van der Waals surface area contributed by atoms with Crippen molar-refractivity contribution in [3.8, 4) is 0 Å². The van der Waals surface area contributed by atoms with E-state index >= 15 is 0 Å². The fourth-order valence-electron chi connectivity index (χ4n) is 3.00. The van der Waals surface area contributed by atoms with Gasteiger partial charge in [-0.2, -0.15) is 0 Å². The minimum atomic E-state index is -1.67. The van der Waals surface area contributed by atoms with Crippen molar-refractivity contribution in [2.45, 2.75) is 0 Å². The molecule has 0 bridgehead atoms. The van der Waals surface area contributed by atoms with Gasteiger partial charge in [0.2, 0.25) is 9.23 Å². The van der Waals surface area contributed by atoms with Gasteiger partial charge in [-0.25, -0.2) is 18.6 Å². The Labute approximate surface area is 310 Å². The molecule has 46 heavy (non-hydrogen) atoms.